The van der Waals surface area contributed by atoms with Gasteiger partial charge in [0.1, 0.15) is 5.82 Å². The highest BCUT2D eigenvalue weighted by Gasteiger charge is 2.38. The number of nitrogens with one attached hydrogen (secondary N) is 1. The van der Waals surface area contributed by atoms with E-state index in [2.05, 4.69) is 25.5 Å². The van der Waals surface area contributed by atoms with E-state index >= 15 is 0 Å². The van der Waals surface area contributed by atoms with Gasteiger partial charge in [-0.15, -0.1) is 0 Å². The third-order valence-electron chi connectivity index (χ3n) is 6.22. The summed E-state index contributed by atoms with van der Waals surface area (Å²) in [5, 5.41) is 10.2. The summed E-state index contributed by atoms with van der Waals surface area (Å²) >= 11 is 0. The number of nitrogens with zero attached hydrogens (tertiary/aromatic N) is 3. The van der Waals surface area contributed by atoms with Gasteiger partial charge in [-0.2, -0.15) is 0 Å². The molecule has 4 heterocycles. The molecule has 3 aromatic rings. The van der Waals surface area contributed by atoms with E-state index in [0.29, 0.717) is 30.5 Å². The molecule has 7 nitrogen and oxygen atoms in total. The van der Waals surface area contributed by atoms with Crippen molar-refractivity contribution in [2.75, 3.05) is 26.3 Å². The van der Waals surface area contributed by atoms with Gasteiger partial charge >= 0.3 is 0 Å². The smallest absolute Gasteiger partial charge is 0.259 e. The number of ether oxygens (including phenoxy) is 1. The molecule has 29 heavy (non-hydrogen) atoms. The van der Waals surface area contributed by atoms with Crippen LogP contribution in [-0.4, -0.2) is 63.0 Å². The van der Waals surface area contributed by atoms with Crippen molar-refractivity contribution in [2.45, 2.75) is 38.0 Å². The summed E-state index contributed by atoms with van der Waals surface area (Å²) < 4.78 is 8.05. The number of aromatic amines is 1. The van der Waals surface area contributed by atoms with Gasteiger partial charge in [0, 0.05) is 49.7 Å². The van der Waals surface area contributed by atoms with Crippen molar-refractivity contribution < 1.29 is 9.84 Å². The Labute approximate surface area is 168 Å². The first-order valence-corrected chi connectivity index (χ1v) is 10.3. The quantitative estimate of drug-likeness (QED) is 0.708. The molecule has 2 N–H and O–H groups in total. The second-order valence-electron chi connectivity index (χ2n) is 8.23. The fraction of sp³-hybridized carbons (Fsp3) is 0.455. The lowest BCUT2D eigenvalue weighted by molar-refractivity contribution is -0.0567. The second kappa shape index (κ2) is 7.40. The lowest BCUT2D eigenvalue weighted by atomic mass is 10.1. The Morgan fingerprint density at radius 3 is 3.03 bits per heavy atom. The zero-order valence-electron chi connectivity index (χ0n) is 16.5. The number of pyridine rings is 1. The highest BCUT2D eigenvalue weighted by Crippen LogP contribution is 2.33. The summed E-state index contributed by atoms with van der Waals surface area (Å²) in [5.74, 6) is 0.714. The molecule has 7 heteroatoms. The molecular formula is C22H26N4O3. The first-order valence-electron chi connectivity index (χ1n) is 10.3. The second-order valence-corrected chi connectivity index (χ2v) is 8.23. The van der Waals surface area contributed by atoms with Crippen LogP contribution in [0.15, 0.2) is 41.5 Å². The summed E-state index contributed by atoms with van der Waals surface area (Å²) in [6, 6.07) is 8.64. The maximum Gasteiger partial charge on any atom is 0.259 e. The average molecular weight is 394 g/mol. The Morgan fingerprint density at radius 1 is 1.28 bits per heavy atom. The Bertz CT molecular complexity index is 1090. The molecule has 0 radical (unpaired) electrons. The SMILES string of the molecule is Cc1ccc2cc(-c3nccn3[C@H]3C[C@H]4CO[C@@H](CCO)CN4C3)c(=O)[nH]c2c1. The molecule has 0 spiro atoms. The molecular weight excluding hydrogens is 368 g/mol. The molecule has 3 atom stereocenters. The Hall–Kier alpha value is -2.48. The van der Waals surface area contributed by atoms with Crippen LogP contribution < -0.4 is 5.56 Å². The Kier molecular flexibility index (Phi) is 4.73. The van der Waals surface area contributed by atoms with Gasteiger partial charge in [-0.25, -0.2) is 4.98 Å². The van der Waals surface area contributed by atoms with Crippen LogP contribution in [0.2, 0.25) is 0 Å². The van der Waals surface area contributed by atoms with E-state index in [-0.39, 0.29) is 24.3 Å². The largest absolute Gasteiger partial charge is 0.396 e. The number of hydrogen-bond donors (Lipinski definition) is 2. The molecule has 152 valence electrons. The molecule has 0 unspecified atom stereocenters. The van der Waals surface area contributed by atoms with Crippen molar-refractivity contribution >= 4 is 10.9 Å². The fourth-order valence-electron chi connectivity index (χ4n) is 4.73. The van der Waals surface area contributed by atoms with Gasteiger partial charge < -0.3 is 19.4 Å². The maximum absolute atomic E-state index is 12.8. The first kappa shape index (κ1) is 18.5. The van der Waals surface area contributed by atoms with Crippen molar-refractivity contribution in [1.82, 2.24) is 19.4 Å². The zero-order valence-corrected chi connectivity index (χ0v) is 16.5. The molecule has 2 aliphatic heterocycles. The number of fused-ring (bicyclic) bond motifs is 2. The van der Waals surface area contributed by atoms with E-state index in [1.165, 1.54) is 0 Å². The van der Waals surface area contributed by atoms with Gasteiger partial charge in [-0.3, -0.25) is 9.69 Å². The number of aliphatic hydroxyl groups is 1. The molecule has 0 aliphatic carbocycles. The first-order chi connectivity index (χ1) is 14.1. The number of morpholine rings is 1. The lowest BCUT2D eigenvalue weighted by Gasteiger charge is -2.34. The van der Waals surface area contributed by atoms with Crippen molar-refractivity contribution in [3.8, 4) is 11.4 Å². The molecule has 2 aromatic heterocycles. The Balaban J connectivity index is 1.45. The van der Waals surface area contributed by atoms with Crippen molar-refractivity contribution in [2.24, 2.45) is 0 Å². The van der Waals surface area contributed by atoms with Crippen molar-refractivity contribution in [3.63, 3.8) is 0 Å². The summed E-state index contributed by atoms with van der Waals surface area (Å²) in [5.41, 5.74) is 2.46. The number of imidazole rings is 1. The van der Waals surface area contributed by atoms with Crippen LogP contribution in [0.25, 0.3) is 22.3 Å². The van der Waals surface area contributed by atoms with Crippen LogP contribution in [-0.2, 0) is 4.74 Å². The third-order valence-corrected chi connectivity index (χ3v) is 6.22. The number of aromatic nitrogens is 3. The standard InChI is InChI=1S/C22H26N4O3/c1-14-2-3-15-9-19(22(28)24-20(15)8-14)21-23-5-6-26(21)16-10-17-13-29-18(4-7-27)12-25(17)11-16/h2-3,5-6,8-9,16-18,27H,4,7,10-13H2,1H3,(H,24,28)/t16-,17-,18-/m0/s1. The highest BCUT2D eigenvalue weighted by atomic mass is 16.5. The van der Waals surface area contributed by atoms with E-state index in [9.17, 15) is 9.90 Å². The molecule has 2 saturated heterocycles. The van der Waals surface area contributed by atoms with E-state index in [4.69, 9.17) is 4.74 Å². The minimum Gasteiger partial charge on any atom is -0.396 e. The van der Waals surface area contributed by atoms with Crippen LogP contribution in [0, 0.1) is 6.92 Å². The van der Waals surface area contributed by atoms with Gasteiger partial charge in [0.2, 0.25) is 0 Å². The molecule has 0 amide bonds. The van der Waals surface area contributed by atoms with Gasteiger partial charge in [0.25, 0.3) is 5.56 Å². The van der Waals surface area contributed by atoms with Gasteiger partial charge in [-0.1, -0.05) is 12.1 Å². The summed E-state index contributed by atoms with van der Waals surface area (Å²) in [4.78, 5) is 22.8. The minimum absolute atomic E-state index is 0.101. The number of benzene rings is 1. The lowest BCUT2D eigenvalue weighted by Crippen LogP contribution is -2.46. The number of aryl methyl sites for hydroxylation is 1. The van der Waals surface area contributed by atoms with Crippen molar-refractivity contribution in [1.29, 1.82) is 0 Å². The molecule has 0 bridgehead atoms. The monoisotopic (exact) mass is 394 g/mol. The molecule has 5 rings (SSSR count). The number of hydrogen-bond acceptors (Lipinski definition) is 5. The minimum atomic E-state index is -0.113. The zero-order chi connectivity index (χ0) is 20.0. The predicted octanol–water partition coefficient (Wildman–Crippen LogP) is 2.10. The highest BCUT2D eigenvalue weighted by molar-refractivity contribution is 5.83. The van der Waals surface area contributed by atoms with Gasteiger partial charge in [-0.05, 0) is 42.8 Å². The van der Waals surface area contributed by atoms with Crippen LogP contribution >= 0.6 is 0 Å². The van der Waals surface area contributed by atoms with Crippen LogP contribution in [0.5, 0.6) is 0 Å². The van der Waals surface area contributed by atoms with Crippen LogP contribution in [0.4, 0.5) is 0 Å². The maximum atomic E-state index is 12.8. The molecule has 1 aromatic carbocycles. The molecule has 2 fully saturated rings. The van der Waals surface area contributed by atoms with Crippen LogP contribution in [0.3, 0.4) is 0 Å². The summed E-state index contributed by atoms with van der Waals surface area (Å²) in [6.07, 6.45) is 5.50. The van der Waals surface area contributed by atoms with E-state index in [0.717, 1.165) is 36.0 Å². The van der Waals surface area contributed by atoms with E-state index in [1.807, 2.05) is 31.3 Å². The summed E-state index contributed by atoms with van der Waals surface area (Å²) in [7, 11) is 0. The third kappa shape index (κ3) is 3.39. The molecule has 2 aliphatic rings. The normalized spacial score (nSPS) is 24.8. The van der Waals surface area contributed by atoms with Crippen LogP contribution in [0.1, 0.15) is 24.4 Å². The number of H-pyrrole nitrogens is 1. The average Bonchev–Trinajstić information content (AvgIpc) is 3.34. The summed E-state index contributed by atoms with van der Waals surface area (Å²) in [6.45, 7) is 4.62. The van der Waals surface area contributed by atoms with E-state index < -0.39 is 0 Å². The van der Waals surface area contributed by atoms with Crippen molar-refractivity contribution in [3.05, 3.63) is 52.6 Å². The Morgan fingerprint density at radius 2 is 2.17 bits per heavy atom. The topological polar surface area (TPSA) is 83.4 Å². The number of aliphatic hydroxyl groups excluding tert-OH is 1. The fourth-order valence-corrected chi connectivity index (χ4v) is 4.73. The molecule has 0 saturated carbocycles. The number of rotatable bonds is 4. The predicted molar refractivity (Wildman–Crippen MR) is 111 cm³/mol. The van der Waals surface area contributed by atoms with Gasteiger partial charge in [0.15, 0.2) is 0 Å². The van der Waals surface area contributed by atoms with Gasteiger partial charge in [0.05, 0.1) is 18.3 Å². The van der Waals surface area contributed by atoms with E-state index in [1.54, 1.807) is 6.20 Å².